The van der Waals surface area contributed by atoms with Gasteiger partial charge in [0, 0.05) is 12.1 Å². The van der Waals surface area contributed by atoms with E-state index >= 15 is 0 Å². The molecule has 35 heavy (non-hydrogen) atoms. The van der Waals surface area contributed by atoms with Crippen molar-refractivity contribution < 1.29 is 27.5 Å². The first-order valence-electron chi connectivity index (χ1n) is 10.0. The molecule has 180 valence electrons. The van der Waals surface area contributed by atoms with E-state index in [0.29, 0.717) is 16.4 Å². The van der Waals surface area contributed by atoms with Gasteiger partial charge in [-0.3, -0.25) is 19.8 Å². The number of nitrogens with zero attached hydrogens (tertiary/aromatic N) is 3. The summed E-state index contributed by atoms with van der Waals surface area (Å²) in [4.78, 5) is 27.1. The van der Waals surface area contributed by atoms with E-state index in [-0.39, 0.29) is 27.9 Å². The van der Waals surface area contributed by atoms with Crippen molar-refractivity contribution in [3.8, 4) is 11.6 Å². The zero-order chi connectivity index (χ0) is 25.5. The molecule has 0 aliphatic carbocycles. The van der Waals surface area contributed by atoms with E-state index in [0.717, 1.165) is 17.0 Å². The van der Waals surface area contributed by atoms with Crippen molar-refractivity contribution in [2.45, 2.75) is 13.1 Å². The number of carbonyl (C=O) groups excluding carboxylic acids is 2. The van der Waals surface area contributed by atoms with Gasteiger partial charge < -0.3 is 4.74 Å². The summed E-state index contributed by atoms with van der Waals surface area (Å²) in [5.74, 6) is -1.49. The van der Waals surface area contributed by atoms with Crippen LogP contribution < -0.4 is 15.0 Å². The van der Waals surface area contributed by atoms with Gasteiger partial charge >= 0.3 is 6.18 Å². The standard InChI is InChI=1S/C23H16ClF3N4O3S/c1-12-17(21(30(2)29-12)34-16-5-3-4-13(10-16)23(25,26)27)11-18-19(32)28-22(35)31(20(18)33)15-8-6-14(24)7-9-15/h3-11H,1-2H3,(H,28,32,35)/b18-11+. The lowest BCUT2D eigenvalue weighted by Crippen LogP contribution is -2.54. The Hall–Kier alpha value is -3.70. The molecule has 0 unspecified atom stereocenters. The molecule has 7 nitrogen and oxygen atoms in total. The summed E-state index contributed by atoms with van der Waals surface area (Å²) in [6.45, 7) is 1.61. The van der Waals surface area contributed by atoms with E-state index in [4.69, 9.17) is 28.6 Å². The number of hydrogen-bond acceptors (Lipinski definition) is 5. The summed E-state index contributed by atoms with van der Waals surface area (Å²) >= 11 is 11.1. The lowest BCUT2D eigenvalue weighted by atomic mass is 10.1. The van der Waals surface area contributed by atoms with Crippen LogP contribution in [0.2, 0.25) is 5.02 Å². The molecule has 0 spiro atoms. The third-order valence-corrected chi connectivity index (χ3v) is 5.60. The van der Waals surface area contributed by atoms with Crippen LogP contribution in [0.4, 0.5) is 18.9 Å². The van der Waals surface area contributed by atoms with E-state index in [2.05, 4.69) is 10.4 Å². The second kappa shape index (κ2) is 9.16. The number of aryl methyl sites for hydroxylation is 2. The normalized spacial score (nSPS) is 15.5. The zero-order valence-corrected chi connectivity index (χ0v) is 19.8. The van der Waals surface area contributed by atoms with Gasteiger partial charge in [0.1, 0.15) is 11.3 Å². The molecule has 4 rings (SSSR count). The molecule has 1 saturated heterocycles. The average molecular weight is 521 g/mol. The van der Waals surface area contributed by atoms with Gasteiger partial charge in [0.15, 0.2) is 5.11 Å². The van der Waals surface area contributed by atoms with Gasteiger partial charge in [-0.05, 0) is 67.7 Å². The highest BCUT2D eigenvalue weighted by Gasteiger charge is 2.35. The largest absolute Gasteiger partial charge is 0.439 e. The zero-order valence-electron chi connectivity index (χ0n) is 18.2. The molecule has 1 N–H and O–H groups in total. The predicted octanol–water partition coefficient (Wildman–Crippen LogP) is 5.02. The van der Waals surface area contributed by atoms with Crippen LogP contribution >= 0.6 is 23.8 Å². The number of nitrogens with one attached hydrogen (secondary N) is 1. The van der Waals surface area contributed by atoms with Crippen molar-refractivity contribution in [1.82, 2.24) is 15.1 Å². The Labute approximate surface area is 207 Å². The summed E-state index contributed by atoms with van der Waals surface area (Å²) in [6, 6.07) is 10.6. The molecule has 2 heterocycles. The Morgan fingerprint density at radius 1 is 1.14 bits per heavy atom. The molecule has 3 aromatic rings. The number of amides is 2. The molecule has 0 atom stereocenters. The average Bonchev–Trinajstić information content (AvgIpc) is 3.04. The van der Waals surface area contributed by atoms with Crippen LogP contribution in [0.15, 0.2) is 54.1 Å². The summed E-state index contributed by atoms with van der Waals surface area (Å²) in [7, 11) is 1.52. The number of benzene rings is 2. The minimum absolute atomic E-state index is 0.0427. The molecule has 0 saturated carbocycles. The molecule has 1 aromatic heterocycles. The van der Waals surface area contributed by atoms with Crippen LogP contribution in [0.25, 0.3) is 6.08 Å². The number of halogens is 4. The van der Waals surface area contributed by atoms with Crippen molar-refractivity contribution in [3.05, 3.63) is 75.9 Å². The number of rotatable bonds is 4. The van der Waals surface area contributed by atoms with Crippen LogP contribution in [-0.2, 0) is 22.8 Å². The molecule has 0 bridgehead atoms. The molecule has 0 radical (unpaired) electrons. The van der Waals surface area contributed by atoms with E-state index in [1.807, 2.05) is 0 Å². The number of carbonyl (C=O) groups is 2. The fourth-order valence-electron chi connectivity index (χ4n) is 3.41. The Balaban J connectivity index is 1.74. The minimum Gasteiger partial charge on any atom is -0.439 e. The summed E-state index contributed by atoms with van der Waals surface area (Å²) in [6.07, 6.45) is -3.28. The van der Waals surface area contributed by atoms with Crippen LogP contribution in [0.1, 0.15) is 16.8 Å². The van der Waals surface area contributed by atoms with Crippen molar-refractivity contribution in [2.75, 3.05) is 4.90 Å². The maximum absolute atomic E-state index is 13.3. The first kappa shape index (κ1) is 24.4. The topological polar surface area (TPSA) is 76.5 Å². The monoisotopic (exact) mass is 520 g/mol. The number of aromatic nitrogens is 2. The fraction of sp³-hybridized carbons (Fsp3) is 0.130. The first-order chi connectivity index (χ1) is 16.5. The van der Waals surface area contributed by atoms with Gasteiger partial charge in [-0.15, -0.1) is 0 Å². The number of thiocarbonyl (C=S) groups is 1. The Bertz CT molecular complexity index is 1380. The molecule has 1 aliphatic heterocycles. The highest BCUT2D eigenvalue weighted by Crippen LogP contribution is 2.35. The third-order valence-electron chi connectivity index (χ3n) is 5.07. The number of alkyl halides is 3. The Kier molecular flexibility index (Phi) is 6.39. The van der Waals surface area contributed by atoms with Crippen molar-refractivity contribution in [2.24, 2.45) is 7.05 Å². The van der Waals surface area contributed by atoms with Gasteiger partial charge in [-0.2, -0.15) is 18.3 Å². The van der Waals surface area contributed by atoms with Crippen molar-refractivity contribution >= 4 is 52.5 Å². The second-order valence-electron chi connectivity index (χ2n) is 7.49. The molecule has 2 aromatic carbocycles. The molecular formula is C23H16ClF3N4O3S. The summed E-state index contributed by atoms with van der Waals surface area (Å²) in [5.41, 5.74) is -0.138. The van der Waals surface area contributed by atoms with E-state index < -0.39 is 23.6 Å². The summed E-state index contributed by atoms with van der Waals surface area (Å²) < 4.78 is 46.3. The molecular weight excluding hydrogens is 505 g/mol. The lowest BCUT2D eigenvalue weighted by Gasteiger charge is -2.28. The van der Waals surface area contributed by atoms with E-state index in [1.54, 1.807) is 31.2 Å². The predicted molar refractivity (Wildman–Crippen MR) is 127 cm³/mol. The number of ether oxygens (including phenoxy) is 1. The van der Waals surface area contributed by atoms with Crippen molar-refractivity contribution in [3.63, 3.8) is 0 Å². The van der Waals surface area contributed by atoms with Gasteiger partial charge in [0.05, 0.1) is 22.5 Å². The lowest BCUT2D eigenvalue weighted by molar-refractivity contribution is -0.137. The van der Waals surface area contributed by atoms with E-state index in [9.17, 15) is 22.8 Å². The fourth-order valence-corrected chi connectivity index (χ4v) is 3.82. The maximum atomic E-state index is 13.3. The Morgan fingerprint density at radius 2 is 1.83 bits per heavy atom. The van der Waals surface area contributed by atoms with Gasteiger partial charge in [0.2, 0.25) is 5.88 Å². The molecule has 2 amide bonds. The highest BCUT2D eigenvalue weighted by atomic mass is 35.5. The van der Waals surface area contributed by atoms with Crippen LogP contribution in [-0.4, -0.2) is 26.7 Å². The summed E-state index contributed by atoms with van der Waals surface area (Å²) in [5, 5.41) is 7.03. The maximum Gasteiger partial charge on any atom is 0.416 e. The minimum atomic E-state index is -4.55. The van der Waals surface area contributed by atoms with Crippen LogP contribution in [0.3, 0.4) is 0 Å². The van der Waals surface area contributed by atoms with Crippen LogP contribution in [0, 0.1) is 6.92 Å². The second-order valence-corrected chi connectivity index (χ2v) is 8.31. The highest BCUT2D eigenvalue weighted by molar-refractivity contribution is 7.80. The first-order valence-corrected chi connectivity index (χ1v) is 10.8. The SMILES string of the molecule is Cc1nn(C)c(Oc2cccc(C(F)(F)F)c2)c1/C=C1\C(=O)NC(=S)N(c2ccc(Cl)cc2)C1=O. The molecule has 1 fully saturated rings. The van der Waals surface area contributed by atoms with Crippen molar-refractivity contribution in [1.29, 1.82) is 0 Å². The molecule has 1 aliphatic rings. The van der Waals surface area contributed by atoms with Gasteiger partial charge in [-0.1, -0.05) is 17.7 Å². The number of hydrogen-bond donors (Lipinski definition) is 1. The quantitative estimate of drug-likeness (QED) is 0.297. The van der Waals surface area contributed by atoms with Gasteiger partial charge in [0.25, 0.3) is 11.8 Å². The van der Waals surface area contributed by atoms with Gasteiger partial charge in [-0.25, -0.2) is 4.68 Å². The third kappa shape index (κ3) is 4.91. The number of anilines is 1. The molecule has 12 heteroatoms. The van der Waals surface area contributed by atoms with Crippen LogP contribution in [0.5, 0.6) is 11.6 Å². The smallest absolute Gasteiger partial charge is 0.416 e. The Morgan fingerprint density at radius 3 is 2.49 bits per heavy atom. The van der Waals surface area contributed by atoms with E-state index in [1.165, 1.54) is 29.9 Å².